The van der Waals surface area contributed by atoms with Crippen LogP contribution in [0, 0.1) is 6.92 Å². The molecule has 2 amide bonds. The van der Waals surface area contributed by atoms with E-state index in [0.29, 0.717) is 6.54 Å². The zero-order valence-corrected chi connectivity index (χ0v) is 15.4. The number of hydrogen-bond donors (Lipinski definition) is 1. The normalized spacial score (nSPS) is 13.6. The van der Waals surface area contributed by atoms with E-state index < -0.39 is 0 Å². The summed E-state index contributed by atoms with van der Waals surface area (Å²) in [6.07, 6.45) is 0.927. The SMILES string of the molecule is Cc1ccc(NC(=O)CN(C)CC(=O)N2CCc3sccc3C2)cc1. The van der Waals surface area contributed by atoms with Gasteiger partial charge in [-0.05, 0) is 49.5 Å². The van der Waals surface area contributed by atoms with Crippen LogP contribution in [-0.2, 0) is 22.6 Å². The first-order valence-electron chi connectivity index (χ1n) is 8.39. The maximum atomic E-state index is 12.5. The molecule has 0 aliphatic carbocycles. The lowest BCUT2D eigenvalue weighted by Gasteiger charge is -2.28. The van der Waals surface area contributed by atoms with Gasteiger partial charge >= 0.3 is 0 Å². The van der Waals surface area contributed by atoms with Crippen LogP contribution in [0.4, 0.5) is 5.69 Å². The molecule has 0 radical (unpaired) electrons. The van der Waals surface area contributed by atoms with Gasteiger partial charge in [-0.15, -0.1) is 11.3 Å². The molecule has 6 heteroatoms. The van der Waals surface area contributed by atoms with Gasteiger partial charge in [0.25, 0.3) is 0 Å². The number of anilines is 1. The second-order valence-electron chi connectivity index (χ2n) is 6.52. The number of likely N-dealkylation sites (N-methyl/N-ethyl adjacent to an activating group) is 1. The van der Waals surface area contributed by atoms with Crippen molar-refractivity contribution in [2.75, 3.05) is 32.0 Å². The van der Waals surface area contributed by atoms with E-state index in [-0.39, 0.29) is 24.9 Å². The maximum absolute atomic E-state index is 12.5. The number of nitrogens with zero attached hydrogens (tertiary/aromatic N) is 2. The molecule has 0 unspecified atom stereocenters. The summed E-state index contributed by atoms with van der Waals surface area (Å²) < 4.78 is 0. The van der Waals surface area contributed by atoms with Gasteiger partial charge < -0.3 is 10.2 Å². The Morgan fingerprint density at radius 2 is 1.96 bits per heavy atom. The Balaban J connectivity index is 1.47. The topological polar surface area (TPSA) is 52.7 Å². The molecule has 1 N–H and O–H groups in total. The Morgan fingerprint density at radius 3 is 2.72 bits per heavy atom. The van der Waals surface area contributed by atoms with Gasteiger partial charge in [-0.1, -0.05) is 17.7 Å². The Bertz CT molecular complexity index is 754. The van der Waals surface area contributed by atoms with Crippen LogP contribution in [0.3, 0.4) is 0 Å². The molecule has 0 atom stereocenters. The number of thiophene rings is 1. The Morgan fingerprint density at radius 1 is 1.20 bits per heavy atom. The predicted octanol–water partition coefficient (Wildman–Crippen LogP) is 2.51. The fourth-order valence-corrected chi connectivity index (χ4v) is 3.82. The highest BCUT2D eigenvalue weighted by Crippen LogP contribution is 2.24. The molecule has 1 aliphatic heterocycles. The minimum atomic E-state index is -0.113. The molecule has 1 aromatic heterocycles. The van der Waals surface area contributed by atoms with Crippen LogP contribution in [0.5, 0.6) is 0 Å². The van der Waals surface area contributed by atoms with Crippen LogP contribution in [0.15, 0.2) is 35.7 Å². The number of fused-ring (bicyclic) bond motifs is 1. The van der Waals surface area contributed by atoms with Gasteiger partial charge in [0.15, 0.2) is 0 Å². The summed E-state index contributed by atoms with van der Waals surface area (Å²) in [5, 5.41) is 4.94. The van der Waals surface area contributed by atoms with E-state index in [1.165, 1.54) is 10.4 Å². The number of hydrogen-bond acceptors (Lipinski definition) is 4. The first kappa shape index (κ1) is 17.6. The molecular weight excluding hydrogens is 334 g/mol. The number of carbonyl (C=O) groups is 2. The fraction of sp³-hybridized carbons (Fsp3) is 0.368. The minimum absolute atomic E-state index is 0.0717. The van der Waals surface area contributed by atoms with E-state index >= 15 is 0 Å². The largest absolute Gasteiger partial charge is 0.337 e. The van der Waals surface area contributed by atoms with E-state index in [9.17, 15) is 9.59 Å². The van der Waals surface area contributed by atoms with Crippen molar-refractivity contribution < 1.29 is 9.59 Å². The predicted molar refractivity (Wildman–Crippen MR) is 101 cm³/mol. The van der Waals surface area contributed by atoms with Crippen molar-refractivity contribution in [3.05, 3.63) is 51.7 Å². The van der Waals surface area contributed by atoms with Crippen molar-refractivity contribution >= 4 is 28.8 Å². The molecule has 1 aliphatic rings. The molecule has 0 fully saturated rings. The highest BCUT2D eigenvalue weighted by molar-refractivity contribution is 7.10. The Hall–Kier alpha value is -2.18. The average Bonchev–Trinajstić information content (AvgIpc) is 3.04. The molecule has 0 saturated carbocycles. The van der Waals surface area contributed by atoms with Gasteiger partial charge in [-0.25, -0.2) is 0 Å². The molecule has 1 aromatic carbocycles. The molecule has 3 rings (SSSR count). The van der Waals surface area contributed by atoms with Crippen molar-refractivity contribution in [1.29, 1.82) is 0 Å². The van der Waals surface area contributed by atoms with Crippen LogP contribution in [-0.4, -0.2) is 48.3 Å². The van der Waals surface area contributed by atoms with Crippen LogP contribution in [0.2, 0.25) is 0 Å². The third-order valence-electron chi connectivity index (χ3n) is 4.31. The number of benzene rings is 1. The summed E-state index contributed by atoms with van der Waals surface area (Å²) in [5.41, 5.74) is 3.18. The lowest BCUT2D eigenvalue weighted by Crippen LogP contribution is -2.43. The lowest BCUT2D eigenvalue weighted by molar-refractivity contribution is -0.133. The smallest absolute Gasteiger partial charge is 0.238 e. The molecule has 0 bridgehead atoms. The lowest BCUT2D eigenvalue weighted by atomic mass is 10.1. The molecule has 25 heavy (non-hydrogen) atoms. The Kier molecular flexibility index (Phi) is 5.50. The van der Waals surface area contributed by atoms with Gasteiger partial charge in [0.1, 0.15) is 0 Å². The van der Waals surface area contributed by atoms with Crippen molar-refractivity contribution in [3.8, 4) is 0 Å². The zero-order valence-electron chi connectivity index (χ0n) is 14.6. The maximum Gasteiger partial charge on any atom is 0.238 e. The quantitative estimate of drug-likeness (QED) is 0.895. The van der Waals surface area contributed by atoms with Crippen molar-refractivity contribution in [3.63, 3.8) is 0 Å². The Labute approximate surface area is 152 Å². The van der Waals surface area contributed by atoms with Gasteiger partial charge in [-0.3, -0.25) is 14.5 Å². The minimum Gasteiger partial charge on any atom is -0.337 e. The molecule has 2 heterocycles. The van der Waals surface area contributed by atoms with E-state index in [1.54, 1.807) is 23.3 Å². The monoisotopic (exact) mass is 357 g/mol. The summed E-state index contributed by atoms with van der Waals surface area (Å²) in [7, 11) is 1.80. The van der Waals surface area contributed by atoms with Crippen molar-refractivity contribution in [2.45, 2.75) is 19.9 Å². The van der Waals surface area contributed by atoms with Crippen LogP contribution < -0.4 is 5.32 Å². The van der Waals surface area contributed by atoms with Crippen molar-refractivity contribution in [1.82, 2.24) is 9.80 Å². The third kappa shape index (κ3) is 4.67. The third-order valence-corrected chi connectivity index (χ3v) is 5.34. The average molecular weight is 357 g/mol. The molecule has 0 saturated heterocycles. The molecule has 2 aromatic rings. The van der Waals surface area contributed by atoms with Gasteiger partial charge in [0, 0.05) is 23.7 Å². The molecular formula is C19H23N3O2S. The van der Waals surface area contributed by atoms with Gasteiger partial charge in [0.2, 0.25) is 11.8 Å². The summed E-state index contributed by atoms with van der Waals surface area (Å²) >= 11 is 1.76. The van der Waals surface area contributed by atoms with Gasteiger partial charge in [0.05, 0.1) is 13.1 Å². The first-order chi connectivity index (χ1) is 12.0. The summed E-state index contributed by atoms with van der Waals surface area (Å²) in [6.45, 7) is 3.89. The summed E-state index contributed by atoms with van der Waals surface area (Å²) in [5.74, 6) is -0.0413. The van der Waals surface area contributed by atoms with E-state index in [1.807, 2.05) is 36.1 Å². The molecule has 0 spiro atoms. The highest BCUT2D eigenvalue weighted by Gasteiger charge is 2.22. The highest BCUT2D eigenvalue weighted by atomic mass is 32.1. The summed E-state index contributed by atoms with van der Waals surface area (Å²) in [6, 6.07) is 9.77. The fourth-order valence-electron chi connectivity index (χ4n) is 2.93. The van der Waals surface area contributed by atoms with Gasteiger partial charge in [-0.2, -0.15) is 0 Å². The molecule has 5 nitrogen and oxygen atoms in total. The zero-order chi connectivity index (χ0) is 17.8. The van der Waals surface area contributed by atoms with E-state index in [2.05, 4.69) is 16.8 Å². The van der Waals surface area contributed by atoms with E-state index in [0.717, 1.165) is 24.2 Å². The second-order valence-corrected chi connectivity index (χ2v) is 7.52. The number of rotatable bonds is 5. The number of carbonyl (C=O) groups excluding carboxylic acids is 2. The summed E-state index contributed by atoms with van der Waals surface area (Å²) in [4.78, 5) is 29.6. The standard InChI is InChI=1S/C19H23N3O2S/c1-14-3-5-16(6-4-14)20-18(23)12-21(2)13-19(24)22-9-7-17-15(11-22)8-10-25-17/h3-6,8,10H,7,9,11-13H2,1-2H3,(H,20,23). The number of nitrogens with one attached hydrogen (secondary N) is 1. The van der Waals surface area contributed by atoms with Crippen LogP contribution >= 0.6 is 11.3 Å². The first-order valence-corrected chi connectivity index (χ1v) is 9.27. The second kappa shape index (κ2) is 7.80. The molecule has 132 valence electrons. The van der Waals surface area contributed by atoms with Crippen LogP contribution in [0.1, 0.15) is 16.0 Å². The van der Waals surface area contributed by atoms with Crippen LogP contribution in [0.25, 0.3) is 0 Å². The number of aryl methyl sites for hydroxylation is 1. The van der Waals surface area contributed by atoms with E-state index in [4.69, 9.17) is 0 Å². The number of amides is 2. The van der Waals surface area contributed by atoms with Crippen molar-refractivity contribution in [2.24, 2.45) is 0 Å².